The lowest BCUT2D eigenvalue weighted by Gasteiger charge is -2.09. The Morgan fingerprint density at radius 2 is 1.87 bits per heavy atom. The van der Waals surface area contributed by atoms with Gasteiger partial charge in [-0.25, -0.2) is 4.39 Å². The van der Waals surface area contributed by atoms with Crippen LogP contribution in [0.15, 0.2) is 65.4 Å². The summed E-state index contributed by atoms with van der Waals surface area (Å²) in [6, 6.07) is 13.8. The third kappa shape index (κ3) is 4.91. The summed E-state index contributed by atoms with van der Waals surface area (Å²) in [5.74, 6) is -0.469. The van der Waals surface area contributed by atoms with E-state index in [1.54, 1.807) is 29.1 Å². The third-order valence-corrected chi connectivity index (χ3v) is 5.41. The van der Waals surface area contributed by atoms with Crippen molar-refractivity contribution in [3.63, 3.8) is 0 Å². The second kappa shape index (κ2) is 8.85. The number of carbonyl (C=O) groups is 1. The van der Waals surface area contributed by atoms with E-state index in [2.05, 4.69) is 31.4 Å². The van der Waals surface area contributed by atoms with Crippen LogP contribution in [0, 0.1) is 19.7 Å². The second-order valence-corrected chi connectivity index (χ2v) is 8.26. The average molecular weight is 482 g/mol. The van der Waals surface area contributed by atoms with E-state index in [9.17, 15) is 9.18 Å². The summed E-state index contributed by atoms with van der Waals surface area (Å²) < 4.78 is 17.7. The number of anilines is 1. The Labute approximate surface area is 187 Å². The Balaban J connectivity index is 1.50. The molecule has 1 N–H and O–H groups in total. The number of nitrogens with one attached hydrogen (secondary N) is 1. The Bertz CT molecular complexity index is 1230. The van der Waals surface area contributed by atoms with Gasteiger partial charge < -0.3 is 5.32 Å². The predicted octanol–water partition coefficient (Wildman–Crippen LogP) is 4.95. The third-order valence-electron chi connectivity index (χ3n) is 5.00. The zero-order valence-electron chi connectivity index (χ0n) is 17.1. The van der Waals surface area contributed by atoms with E-state index in [1.807, 2.05) is 42.9 Å². The van der Waals surface area contributed by atoms with Crippen LogP contribution >= 0.6 is 15.9 Å². The molecular formula is C23H21BrFN5O. The minimum atomic E-state index is -0.271. The summed E-state index contributed by atoms with van der Waals surface area (Å²) in [4.78, 5) is 12.9. The van der Waals surface area contributed by atoms with Crippen molar-refractivity contribution >= 4 is 27.5 Å². The molecule has 2 aromatic heterocycles. The van der Waals surface area contributed by atoms with Crippen molar-refractivity contribution in [2.75, 3.05) is 5.32 Å². The minimum Gasteiger partial charge on any atom is -0.319 e. The van der Waals surface area contributed by atoms with E-state index >= 15 is 0 Å². The largest absolute Gasteiger partial charge is 0.319 e. The lowest BCUT2D eigenvalue weighted by Crippen LogP contribution is -2.14. The lowest BCUT2D eigenvalue weighted by molar-refractivity contribution is 0.102. The van der Waals surface area contributed by atoms with Crippen molar-refractivity contribution in [1.82, 2.24) is 19.6 Å². The van der Waals surface area contributed by atoms with Crippen molar-refractivity contribution in [1.29, 1.82) is 0 Å². The summed E-state index contributed by atoms with van der Waals surface area (Å²) >= 11 is 3.39. The summed E-state index contributed by atoms with van der Waals surface area (Å²) in [5.41, 5.74) is 4.73. The van der Waals surface area contributed by atoms with Gasteiger partial charge in [0.1, 0.15) is 5.82 Å². The number of benzene rings is 2. The molecule has 4 aromatic rings. The summed E-state index contributed by atoms with van der Waals surface area (Å²) in [6.07, 6.45) is 3.61. The molecule has 0 radical (unpaired) electrons. The minimum absolute atomic E-state index is 0.198. The van der Waals surface area contributed by atoms with Crippen LogP contribution in [0.2, 0.25) is 0 Å². The van der Waals surface area contributed by atoms with Gasteiger partial charge in [0.25, 0.3) is 5.91 Å². The number of nitrogens with zero attached hydrogens (tertiary/aromatic N) is 4. The number of aryl methyl sites for hydroxylation is 1. The van der Waals surface area contributed by atoms with Gasteiger partial charge >= 0.3 is 0 Å². The Morgan fingerprint density at radius 3 is 2.58 bits per heavy atom. The highest BCUT2D eigenvalue weighted by atomic mass is 79.9. The molecule has 0 atom stereocenters. The van der Waals surface area contributed by atoms with Crippen molar-refractivity contribution in [2.24, 2.45) is 0 Å². The zero-order valence-corrected chi connectivity index (χ0v) is 18.7. The lowest BCUT2D eigenvalue weighted by atomic mass is 10.1. The molecule has 2 aromatic carbocycles. The molecule has 1 amide bonds. The Hall–Kier alpha value is -3.26. The molecule has 2 heterocycles. The molecule has 0 unspecified atom stereocenters. The smallest absolute Gasteiger partial charge is 0.255 e. The molecule has 0 fully saturated rings. The number of hydrogen-bond acceptors (Lipinski definition) is 3. The number of aromatic nitrogens is 4. The quantitative estimate of drug-likeness (QED) is 0.423. The first-order valence-electron chi connectivity index (χ1n) is 9.76. The first kappa shape index (κ1) is 21.0. The summed E-state index contributed by atoms with van der Waals surface area (Å²) in [5, 5.41) is 11.8. The molecule has 0 spiro atoms. The first-order valence-corrected chi connectivity index (χ1v) is 10.5. The van der Waals surface area contributed by atoms with E-state index in [4.69, 9.17) is 0 Å². The van der Waals surface area contributed by atoms with Gasteiger partial charge in [-0.3, -0.25) is 14.2 Å². The van der Waals surface area contributed by atoms with Crippen LogP contribution in [0.25, 0.3) is 0 Å². The standard InChI is InChI=1S/C23H21BrFN5O/c1-15-22(16(2)30(28-15)13-17-6-8-21(25)9-7-17)27-23(31)19-5-3-4-18(10-19)12-29-14-20(24)11-26-29/h3-11,14H,12-13H2,1-2H3,(H,27,31). The fraction of sp³-hybridized carbons (Fsp3) is 0.174. The Kier molecular flexibility index (Phi) is 5.99. The van der Waals surface area contributed by atoms with Crippen LogP contribution in [0.3, 0.4) is 0 Å². The van der Waals surface area contributed by atoms with Gasteiger partial charge in [0.2, 0.25) is 0 Å². The van der Waals surface area contributed by atoms with E-state index in [1.165, 1.54) is 12.1 Å². The van der Waals surface area contributed by atoms with Gasteiger partial charge in [0.05, 0.1) is 40.8 Å². The molecule has 4 rings (SSSR count). The Morgan fingerprint density at radius 1 is 1.10 bits per heavy atom. The van der Waals surface area contributed by atoms with Crippen LogP contribution in [0.1, 0.15) is 32.9 Å². The van der Waals surface area contributed by atoms with E-state index in [0.29, 0.717) is 24.3 Å². The van der Waals surface area contributed by atoms with Crippen LogP contribution in [0.5, 0.6) is 0 Å². The van der Waals surface area contributed by atoms with Gasteiger partial charge in [-0.05, 0) is 65.2 Å². The first-order chi connectivity index (χ1) is 14.9. The van der Waals surface area contributed by atoms with E-state index in [0.717, 1.165) is 27.0 Å². The van der Waals surface area contributed by atoms with Gasteiger partial charge in [-0.15, -0.1) is 0 Å². The van der Waals surface area contributed by atoms with Gasteiger partial charge in [-0.2, -0.15) is 10.2 Å². The molecule has 158 valence electrons. The maximum atomic E-state index is 13.2. The van der Waals surface area contributed by atoms with Crippen molar-refractivity contribution in [2.45, 2.75) is 26.9 Å². The molecular weight excluding hydrogens is 461 g/mol. The maximum absolute atomic E-state index is 13.2. The monoisotopic (exact) mass is 481 g/mol. The normalized spacial score (nSPS) is 11.0. The molecule has 0 aliphatic carbocycles. The molecule has 0 aliphatic rings. The molecule has 31 heavy (non-hydrogen) atoms. The van der Waals surface area contributed by atoms with Crippen molar-refractivity contribution in [3.05, 3.63) is 99.3 Å². The number of halogens is 2. The van der Waals surface area contributed by atoms with E-state index in [-0.39, 0.29) is 11.7 Å². The number of hydrogen-bond donors (Lipinski definition) is 1. The second-order valence-electron chi connectivity index (χ2n) is 7.34. The predicted molar refractivity (Wildman–Crippen MR) is 121 cm³/mol. The summed E-state index contributed by atoms with van der Waals surface area (Å²) in [7, 11) is 0. The number of amides is 1. The van der Waals surface area contributed by atoms with Gasteiger partial charge in [-0.1, -0.05) is 24.3 Å². The van der Waals surface area contributed by atoms with Gasteiger partial charge in [0, 0.05) is 11.8 Å². The zero-order chi connectivity index (χ0) is 22.0. The molecule has 0 bridgehead atoms. The van der Waals surface area contributed by atoms with Crippen LogP contribution in [-0.4, -0.2) is 25.5 Å². The van der Waals surface area contributed by atoms with Crippen molar-refractivity contribution < 1.29 is 9.18 Å². The number of rotatable bonds is 6. The van der Waals surface area contributed by atoms with Crippen LogP contribution < -0.4 is 5.32 Å². The highest BCUT2D eigenvalue weighted by molar-refractivity contribution is 9.10. The molecule has 8 heteroatoms. The van der Waals surface area contributed by atoms with Crippen LogP contribution in [-0.2, 0) is 13.1 Å². The van der Waals surface area contributed by atoms with Crippen molar-refractivity contribution in [3.8, 4) is 0 Å². The molecule has 6 nitrogen and oxygen atoms in total. The topological polar surface area (TPSA) is 64.7 Å². The SMILES string of the molecule is Cc1nn(Cc2ccc(F)cc2)c(C)c1NC(=O)c1cccc(Cn2cc(Br)cn2)c1. The highest BCUT2D eigenvalue weighted by Gasteiger charge is 2.16. The average Bonchev–Trinajstić information content (AvgIpc) is 3.27. The van der Waals surface area contributed by atoms with Crippen LogP contribution in [0.4, 0.5) is 10.1 Å². The summed E-state index contributed by atoms with van der Waals surface area (Å²) in [6.45, 7) is 4.83. The fourth-order valence-corrected chi connectivity index (χ4v) is 3.73. The molecule has 0 saturated heterocycles. The molecule has 0 aliphatic heterocycles. The fourth-order valence-electron chi connectivity index (χ4n) is 3.40. The number of carbonyl (C=O) groups excluding carboxylic acids is 1. The maximum Gasteiger partial charge on any atom is 0.255 e. The van der Waals surface area contributed by atoms with Gasteiger partial charge in [0.15, 0.2) is 0 Å². The van der Waals surface area contributed by atoms with E-state index < -0.39 is 0 Å². The highest BCUT2D eigenvalue weighted by Crippen LogP contribution is 2.22. The molecule has 0 saturated carbocycles.